The minimum atomic E-state index is -0.0252. The van der Waals surface area contributed by atoms with Crippen LogP contribution in [-0.2, 0) is 9.47 Å². The van der Waals surface area contributed by atoms with Crippen molar-refractivity contribution in [1.29, 1.82) is 0 Å². The van der Waals surface area contributed by atoms with Crippen LogP contribution < -0.4 is 5.32 Å². The van der Waals surface area contributed by atoms with Crippen LogP contribution in [0.1, 0.15) is 28.9 Å². The molecule has 0 saturated carbocycles. The van der Waals surface area contributed by atoms with Gasteiger partial charge in [0.05, 0.1) is 18.4 Å². The molecule has 0 unspecified atom stereocenters. The molecule has 23 heavy (non-hydrogen) atoms. The van der Waals surface area contributed by atoms with E-state index in [0.717, 1.165) is 36.4 Å². The van der Waals surface area contributed by atoms with Crippen molar-refractivity contribution in [2.45, 2.75) is 25.4 Å². The zero-order valence-electron chi connectivity index (χ0n) is 13.1. The summed E-state index contributed by atoms with van der Waals surface area (Å²) in [5, 5.41) is 4.90. The molecule has 0 radical (unpaired) electrons. The van der Waals surface area contributed by atoms with E-state index in [1.807, 2.05) is 40.5 Å². The van der Waals surface area contributed by atoms with Gasteiger partial charge in [0.1, 0.15) is 4.88 Å². The molecule has 1 atom stereocenters. The van der Waals surface area contributed by atoms with Crippen LogP contribution in [0.4, 0.5) is 0 Å². The van der Waals surface area contributed by atoms with E-state index in [9.17, 15) is 4.79 Å². The molecule has 1 amide bonds. The minimum absolute atomic E-state index is 0.0252. The van der Waals surface area contributed by atoms with E-state index in [4.69, 9.17) is 9.47 Å². The topological polar surface area (TPSA) is 52.5 Å². The maximum absolute atomic E-state index is 12.3. The Morgan fingerprint density at radius 1 is 1.43 bits per heavy atom. The van der Waals surface area contributed by atoms with E-state index in [-0.39, 0.29) is 12.0 Å². The van der Waals surface area contributed by atoms with Gasteiger partial charge in [-0.05, 0) is 42.8 Å². The highest BCUT2D eigenvalue weighted by Gasteiger charge is 2.15. The van der Waals surface area contributed by atoms with E-state index in [0.29, 0.717) is 19.8 Å². The summed E-state index contributed by atoms with van der Waals surface area (Å²) in [7, 11) is 0. The second kappa shape index (κ2) is 8.29. The minimum Gasteiger partial charge on any atom is -0.379 e. The number of ether oxygens (including phenoxy) is 2. The number of hydrogen-bond donors (Lipinski definition) is 1. The number of carbonyl (C=O) groups excluding carboxylic acids is 1. The third kappa shape index (κ3) is 4.43. The molecule has 0 spiro atoms. The summed E-state index contributed by atoms with van der Waals surface area (Å²) < 4.78 is 13.0. The fourth-order valence-electron chi connectivity index (χ4n) is 2.62. The first-order valence-electron chi connectivity index (χ1n) is 8.03. The van der Waals surface area contributed by atoms with Crippen LogP contribution in [0.25, 0.3) is 5.69 Å². The fraction of sp³-hybridized carbons (Fsp3) is 0.471. The van der Waals surface area contributed by atoms with Gasteiger partial charge in [-0.15, -0.1) is 11.3 Å². The summed E-state index contributed by atoms with van der Waals surface area (Å²) in [5.74, 6) is -0.0252. The largest absolute Gasteiger partial charge is 0.379 e. The average molecular weight is 334 g/mol. The van der Waals surface area contributed by atoms with Crippen LogP contribution in [-0.4, -0.2) is 42.9 Å². The molecule has 2 aromatic rings. The van der Waals surface area contributed by atoms with E-state index in [2.05, 4.69) is 5.32 Å². The number of hydrogen-bond acceptors (Lipinski definition) is 4. The van der Waals surface area contributed by atoms with Crippen molar-refractivity contribution in [3.05, 3.63) is 40.8 Å². The Bertz CT molecular complexity index is 603. The number of aromatic nitrogens is 1. The molecule has 0 aromatic carbocycles. The van der Waals surface area contributed by atoms with Crippen molar-refractivity contribution in [1.82, 2.24) is 9.88 Å². The molecule has 3 rings (SSSR count). The summed E-state index contributed by atoms with van der Waals surface area (Å²) in [5.41, 5.74) is 0.923. The van der Waals surface area contributed by atoms with Gasteiger partial charge in [0.2, 0.25) is 0 Å². The highest BCUT2D eigenvalue weighted by atomic mass is 32.1. The zero-order valence-corrected chi connectivity index (χ0v) is 13.9. The van der Waals surface area contributed by atoms with Crippen molar-refractivity contribution in [2.75, 3.05) is 26.4 Å². The summed E-state index contributed by atoms with van der Waals surface area (Å²) in [6, 6.07) is 5.86. The van der Waals surface area contributed by atoms with Crippen molar-refractivity contribution >= 4 is 17.2 Å². The number of nitrogens with one attached hydrogen (secondary N) is 1. The highest BCUT2D eigenvalue weighted by Crippen LogP contribution is 2.21. The third-order valence-electron chi connectivity index (χ3n) is 3.81. The fourth-order valence-corrected chi connectivity index (χ4v) is 3.42. The number of rotatable bonds is 8. The number of nitrogens with zero attached hydrogens (tertiary/aromatic N) is 1. The number of carbonyl (C=O) groups is 1. The van der Waals surface area contributed by atoms with Gasteiger partial charge >= 0.3 is 0 Å². The summed E-state index contributed by atoms with van der Waals surface area (Å²) in [6.07, 6.45) is 7.18. The quantitative estimate of drug-likeness (QED) is 0.755. The molecular weight excluding hydrogens is 312 g/mol. The Labute approximate surface area is 140 Å². The molecule has 1 saturated heterocycles. The Hall–Kier alpha value is -1.63. The normalized spacial score (nSPS) is 17.5. The molecule has 5 nitrogen and oxygen atoms in total. The lowest BCUT2D eigenvalue weighted by Crippen LogP contribution is -2.25. The zero-order chi connectivity index (χ0) is 15.9. The lowest BCUT2D eigenvalue weighted by atomic mass is 10.2. The maximum Gasteiger partial charge on any atom is 0.263 e. The van der Waals surface area contributed by atoms with Gasteiger partial charge in [0, 0.05) is 32.2 Å². The van der Waals surface area contributed by atoms with Gasteiger partial charge < -0.3 is 19.4 Å². The SMILES string of the molecule is O=C(NCCCOC[C@@H]1CCCO1)c1sccc1-n1cccc1. The lowest BCUT2D eigenvalue weighted by Gasteiger charge is -2.10. The third-order valence-corrected chi connectivity index (χ3v) is 4.71. The van der Waals surface area contributed by atoms with Gasteiger partial charge in [0.15, 0.2) is 0 Å². The predicted octanol–water partition coefficient (Wildman–Crippen LogP) is 2.85. The van der Waals surface area contributed by atoms with Gasteiger partial charge in [-0.2, -0.15) is 0 Å². The lowest BCUT2D eigenvalue weighted by molar-refractivity contribution is 0.0166. The number of amides is 1. The first-order chi connectivity index (χ1) is 11.3. The van der Waals surface area contributed by atoms with Crippen molar-refractivity contribution in [3.8, 4) is 5.69 Å². The molecule has 1 N–H and O–H groups in total. The molecule has 3 heterocycles. The number of thiophene rings is 1. The van der Waals surface area contributed by atoms with E-state index in [1.54, 1.807) is 0 Å². The van der Waals surface area contributed by atoms with Crippen LogP contribution in [0, 0.1) is 0 Å². The smallest absolute Gasteiger partial charge is 0.263 e. The summed E-state index contributed by atoms with van der Waals surface area (Å²) in [6.45, 7) is 2.79. The van der Waals surface area contributed by atoms with E-state index < -0.39 is 0 Å². The summed E-state index contributed by atoms with van der Waals surface area (Å²) >= 11 is 1.46. The van der Waals surface area contributed by atoms with Crippen LogP contribution in [0.2, 0.25) is 0 Å². The van der Waals surface area contributed by atoms with Crippen molar-refractivity contribution < 1.29 is 14.3 Å². The van der Waals surface area contributed by atoms with Gasteiger partial charge in [-0.3, -0.25) is 4.79 Å². The molecule has 2 aromatic heterocycles. The monoisotopic (exact) mass is 334 g/mol. The van der Waals surface area contributed by atoms with Gasteiger partial charge in [-0.1, -0.05) is 0 Å². The van der Waals surface area contributed by atoms with Crippen LogP contribution in [0.5, 0.6) is 0 Å². The first kappa shape index (κ1) is 16.2. The van der Waals surface area contributed by atoms with Crippen LogP contribution >= 0.6 is 11.3 Å². The molecule has 124 valence electrons. The standard InChI is InChI=1S/C17H22N2O3S/c20-17(16-15(6-12-23-16)19-8-1-2-9-19)18-7-4-10-21-13-14-5-3-11-22-14/h1-2,6,8-9,12,14H,3-5,7,10-11,13H2,(H,18,20)/t14-/m0/s1. The molecule has 1 fully saturated rings. The molecule has 1 aliphatic heterocycles. The maximum atomic E-state index is 12.3. The Morgan fingerprint density at radius 2 is 2.30 bits per heavy atom. The van der Waals surface area contributed by atoms with E-state index >= 15 is 0 Å². The van der Waals surface area contributed by atoms with E-state index in [1.165, 1.54) is 11.3 Å². The van der Waals surface area contributed by atoms with Gasteiger partial charge in [-0.25, -0.2) is 0 Å². The average Bonchev–Trinajstić information content (AvgIpc) is 3.32. The highest BCUT2D eigenvalue weighted by molar-refractivity contribution is 7.12. The van der Waals surface area contributed by atoms with Crippen LogP contribution in [0.3, 0.4) is 0 Å². The molecule has 0 aliphatic carbocycles. The van der Waals surface area contributed by atoms with Gasteiger partial charge in [0.25, 0.3) is 5.91 Å². The first-order valence-corrected chi connectivity index (χ1v) is 8.91. The van der Waals surface area contributed by atoms with Crippen molar-refractivity contribution in [2.24, 2.45) is 0 Å². The van der Waals surface area contributed by atoms with Crippen LogP contribution in [0.15, 0.2) is 36.0 Å². The second-order valence-electron chi connectivity index (χ2n) is 5.54. The molecule has 0 bridgehead atoms. The Balaban J connectivity index is 1.37. The predicted molar refractivity (Wildman–Crippen MR) is 90.4 cm³/mol. The molecular formula is C17H22N2O3S. The Kier molecular flexibility index (Phi) is 5.85. The molecule has 1 aliphatic rings. The Morgan fingerprint density at radius 3 is 3.09 bits per heavy atom. The molecule has 6 heteroatoms. The second-order valence-corrected chi connectivity index (χ2v) is 6.46. The van der Waals surface area contributed by atoms with Crippen molar-refractivity contribution in [3.63, 3.8) is 0 Å². The summed E-state index contributed by atoms with van der Waals surface area (Å²) in [4.78, 5) is 13.0.